The van der Waals surface area contributed by atoms with Crippen molar-refractivity contribution in [2.75, 3.05) is 5.32 Å². The van der Waals surface area contributed by atoms with Gasteiger partial charge in [0.1, 0.15) is 17.3 Å². The number of pyridine rings is 1. The first-order valence-electron chi connectivity index (χ1n) is 9.32. The molecule has 0 bridgehead atoms. The van der Waals surface area contributed by atoms with Crippen molar-refractivity contribution in [1.82, 2.24) is 20.3 Å². The van der Waals surface area contributed by atoms with Gasteiger partial charge in [-0.1, -0.05) is 42.5 Å². The van der Waals surface area contributed by atoms with Crippen molar-refractivity contribution >= 4 is 17.4 Å². The maximum atomic E-state index is 14.1. The lowest BCUT2D eigenvalue weighted by atomic mass is 10.2. The van der Waals surface area contributed by atoms with E-state index in [1.54, 1.807) is 30.6 Å². The van der Waals surface area contributed by atoms with E-state index in [-0.39, 0.29) is 17.3 Å². The zero-order valence-corrected chi connectivity index (χ0v) is 15.9. The predicted octanol–water partition coefficient (Wildman–Crippen LogP) is 4.35. The number of anilines is 2. The fourth-order valence-corrected chi connectivity index (χ4v) is 2.82. The summed E-state index contributed by atoms with van der Waals surface area (Å²) in [6.07, 6.45) is 3.33. The maximum absolute atomic E-state index is 14.1. The van der Waals surface area contributed by atoms with Gasteiger partial charge in [-0.3, -0.25) is 9.78 Å². The topological polar surface area (TPSA) is 79.8 Å². The third-order valence-corrected chi connectivity index (χ3v) is 4.33. The van der Waals surface area contributed by atoms with Gasteiger partial charge in [-0.05, 0) is 29.8 Å². The molecule has 148 valence electrons. The Kier molecular flexibility index (Phi) is 5.70. The van der Waals surface area contributed by atoms with Crippen molar-refractivity contribution in [2.24, 2.45) is 0 Å². The molecule has 6 nitrogen and oxygen atoms in total. The largest absolute Gasteiger partial charge is 0.347 e. The van der Waals surface area contributed by atoms with Gasteiger partial charge >= 0.3 is 0 Å². The molecule has 1 amide bonds. The van der Waals surface area contributed by atoms with Crippen molar-refractivity contribution in [2.45, 2.75) is 6.54 Å². The molecule has 0 fully saturated rings. The first-order chi connectivity index (χ1) is 14.7. The summed E-state index contributed by atoms with van der Waals surface area (Å²) in [5, 5.41) is 5.77. The van der Waals surface area contributed by atoms with Crippen LogP contribution in [0.4, 0.5) is 15.9 Å². The molecule has 0 radical (unpaired) electrons. The van der Waals surface area contributed by atoms with Crippen molar-refractivity contribution in [3.8, 4) is 11.4 Å². The van der Waals surface area contributed by atoms with Crippen LogP contribution in [-0.4, -0.2) is 20.9 Å². The first-order valence-corrected chi connectivity index (χ1v) is 9.32. The highest BCUT2D eigenvalue weighted by atomic mass is 19.1. The second-order valence-electron chi connectivity index (χ2n) is 6.47. The summed E-state index contributed by atoms with van der Waals surface area (Å²) in [6.45, 7) is 0.335. The van der Waals surface area contributed by atoms with E-state index < -0.39 is 5.82 Å². The highest BCUT2D eigenvalue weighted by Crippen LogP contribution is 2.22. The molecule has 0 aliphatic heterocycles. The number of nitrogens with one attached hydrogen (secondary N) is 2. The van der Waals surface area contributed by atoms with Crippen LogP contribution in [0.2, 0.25) is 0 Å². The van der Waals surface area contributed by atoms with Crippen LogP contribution in [0.5, 0.6) is 0 Å². The van der Waals surface area contributed by atoms with Gasteiger partial charge in [0.05, 0.1) is 5.69 Å². The Morgan fingerprint density at radius 1 is 0.900 bits per heavy atom. The number of hydrogen-bond donors (Lipinski definition) is 2. The van der Waals surface area contributed by atoms with E-state index >= 15 is 0 Å². The van der Waals surface area contributed by atoms with Crippen molar-refractivity contribution in [3.05, 3.63) is 102 Å². The number of rotatable bonds is 6. The quantitative estimate of drug-likeness (QED) is 0.504. The molecular weight excluding hydrogens is 381 g/mol. The lowest BCUT2D eigenvalue weighted by Crippen LogP contribution is -2.24. The maximum Gasteiger partial charge on any atom is 0.270 e. The summed E-state index contributed by atoms with van der Waals surface area (Å²) in [7, 11) is 0. The molecule has 0 saturated carbocycles. The number of hydrogen-bond acceptors (Lipinski definition) is 5. The molecule has 0 saturated heterocycles. The molecule has 2 heterocycles. The van der Waals surface area contributed by atoms with Crippen LogP contribution < -0.4 is 10.6 Å². The van der Waals surface area contributed by atoms with Crippen molar-refractivity contribution < 1.29 is 9.18 Å². The van der Waals surface area contributed by atoms with Crippen molar-refractivity contribution in [3.63, 3.8) is 0 Å². The van der Waals surface area contributed by atoms with Gasteiger partial charge in [0, 0.05) is 30.6 Å². The van der Waals surface area contributed by atoms with Gasteiger partial charge in [-0.25, -0.2) is 14.4 Å². The molecule has 4 aromatic rings. The number of carbonyl (C=O) groups is 1. The van der Waals surface area contributed by atoms with E-state index in [1.165, 1.54) is 12.1 Å². The summed E-state index contributed by atoms with van der Waals surface area (Å²) < 4.78 is 14.1. The van der Waals surface area contributed by atoms with Gasteiger partial charge in [-0.2, -0.15) is 0 Å². The molecule has 0 atom stereocenters. The highest BCUT2D eigenvalue weighted by molar-refractivity contribution is 5.93. The first kappa shape index (κ1) is 19.2. The summed E-state index contributed by atoms with van der Waals surface area (Å²) >= 11 is 0. The number of halogens is 1. The fourth-order valence-electron chi connectivity index (χ4n) is 2.82. The summed E-state index contributed by atoms with van der Waals surface area (Å²) in [5.41, 5.74) is 2.10. The minimum Gasteiger partial charge on any atom is -0.347 e. The van der Waals surface area contributed by atoms with Crippen LogP contribution in [-0.2, 0) is 6.54 Å². The van der Waals surface area contributed by atoms with E-state index in [0.29, 0.717) is 18.2 Å². The fraction of sp³-hybridized carbons (Fsp3) is 0.0435. The minimum atomic E-state index is -0.416. The van der Waals surface area contributed by atoms with Crippen LogP contribution >= 0.6 is 0 Å². The number of carbonyl (C=O) groups excluding carboxylic acids is 1. The van der Waals surface area contributed by atoms with Crippen LogP contribution in [0.25, 0.3) is 11.4 Å². The number of nitrogens with zero attached hydrogens (tertiary/aromatic N) is 3. The Morgan fingerprint density at radius 2 is 1.63 bits per heavy atom. The van der Waals surface area contributed by atoms with Gasteiger partial charge in [0.15, 0.2) is 5.82 Å². The normalized spacial score (nSPS) is 10.4. The van der Waals surface area contributed by atoms with E-state index in [1.807, 2.05) is 42.5 Å². The molecular formula is C23H18FN5O. The predicted molar refractivity (Wildman–Crippen MR) is 113 cm³/mol. The van der Waals surface area contributed by atoms with Crippen molar-refractivity contribution in [1.29, 1.82) is 0 Å². The minimum absolute atomic E-state index is 0.178. The van der Waals surface area contributed by atoms with Gasteiger partial charge < -0.3 is 10.6 Å². The highest BCUT2D eigenvalue weighted by Gasteiger charge is 2.14. The standard InChI is InChI=1S/C23H18FN5O/c24-18-8-4-5-9-19(18)27-21-14-20(23(30)26-15-16-10-12-25-13-11-16)28-22(29-21)17-6-2-1-3-7-17/h1-14H,15H2,(H,26,30)(H,27,28,29). The Balaban J connectivity index is 1.65. The number of benzene rings is 2. The molecule has 0 spiro atoms. The smallest absolute Gasteiger partial charge is 0.270 e. The second kappa shape index (κ2) is 8.91. The number of amides is 1. The monoisotopic (exact) mass is 399 g/mol. The molecule has 4 rings (SSSR count). The van der Waals surface area contributed by atoms with Gasteiger partial charge in [0.25, 0.3) is 5.91 Å². The summed E-state index contributed by atoms with van der Waals surface area (Å²) in [4.78, 5) is 25.6. The third kappa shape index (κ3) is 4.64. The van der Waals surface area contributed by atoms with Gasteiger partial charge in [0.2, 0.25) is 0 Å². The molecule has 0 aliphatic rings. The zero-order chi connectivity index (χ0) is 20.8. The number of aromatic nitrogens is 3. The molecule has 2 aromatic carbocycles. The number of para-hydroxylation sites is 1. The Hall–Kier alpha value is -4.13. The molecule has 7 heteroatoms. The Labute approximate surface area is 172 Å². The third-order valence-electron chi connectivity index (χ3n) is 4.33. The second-order valence-corrected chi connectivity index (χ2v) is 6.47. The summed E-state index contributed by atoms with van der Waals surface area (Å²) in [6, 6.07) is 20.7. The Bertz CT molecular complexity index is 1150. The SMILES string of the molecule is O=C(NCc1ccncc1)c1cc(Nc2ccccc2F)nc(-c2ccccc2)n1. The molecule has 0 unspecified atom stereocenters. The average Bonchev–Trinajstić information content (AvgIpc) is 2.80. The van der Waals surface area contributed by atoms with Gasteiger partial charge in [-0.15, -0.1) is 0 Å². The molecule has 0 aliphatic carbocycles. The molecule has 2 N–H and O–H groups in total. The zero-order valence-electron chi connectivity index (χ0n) is 15.9. The summed E-state index contributed by atoms with van der Waals surface area (Å²) in [5.74, 6) is -0.0851. The lowest BCUT2D eigenvalue weighted by Gasteiger charge is -2.11. The molecule has 2 aromatic heterocycles. The molecule has 30 heavy (non-hydrogen) atoms. The van der Waals surface area contributed by atoms with Crippen LogP contribution in [0.1, 0.15) is 16.1 Å². The van der Waals surface area contributed by atoms with E-state index in [2.05, 4.69) is 25.6 Å². The van der Waals surface area contributed by atoms with Crippen LogP contribution in [0, 0.1) is 5.82 Å². The van der Waals surface area contributed by atoms with Crippen LogP contribution in [0.3, 0.4) is 0 Å². The lowest BCUT2D eigenvalue weighted by molar-refractivity contribution is 0.0946. The average molecular weight is 399 g/mol. The Morgan fingerprint density at radius 3 is 2.40 bits per heavy atom. The van der Waals surface area contributed by atoms with E-state index in [9.17, 15) is 9.18 Å². The van der Waals surface area contributed by atoms with E-state index in [4.69, 9.17) is 0 Å². The van der Waals surface area contributed by atoms with E-state index in [0.717, 1.165) is 11.1 Å². The van der Waals surface area contributed by atoms with Crippen LogP contribution in [0.15, 0.2) is 85.2 Å².